The summed E-state index contributed by atoms with van der Waals surface area (Å²) >= 11 is 6.24. The van der Waals surface area contributed by atoms with E-state index in [-0.39, 0.29) is 24.7 Å². The van der Waals surface area contributed by atoms with Crippen molar-refractivity contribution in [3.63, 3.8) is 0 Å². The van der Waals surface area contributed by atoms with Crippen LogP contribution >= 0.6 is 11.6 Å². The van der Waals surface area contributed by atoms with Gasteiger partial charge in [0.25, 0.3) is 0 Å². The number of rotatable bonds is 3. The molecule has 138 valence electrons. The number of hydrogen-bond acceptors (Lipinski definition) is 4. The summed E-state index contributed by atoms with van der Waals surface area (Å²) in [4.78, 5) is 16.4. The number of nitrogens with one attached hydrogen (secondary N) is 1. The summed E-state index contributed by atoms with van der Waals surface area (Å²) in [6, 6.07) is 6.92. The third-order valence-corrected chi connectivity index (χ3v) is 4.60. The maximum absolute atomic E-state index is 13.7. The van der Waals surface area contributed by atoms with E-state index in [0.717, 1.165) is 6.07 Å². The van der Waals surface area contributed by atoms with Crippen molar-refractivity contribution in [3.05, 3.63) is 65.1 Å². The van der Waals surface area contributed by atoms with Crippen molar-refractivity contribution in [3.8, 4) is 17.1 Å². The lowest BCUT2D eigenvalue weighted by Gasteiger charge is -2.25. The number of hydrogen-bond donors (Lipinski definition) is 1. The van der Waals surface area contributed by atoms with Gasteiger partial charge in [-0.1, -0.05) is 11.6 Å². The molecule has 1 aromatic heterocycles. The average molecular weight is 391 g/mol. The van der Waals surface area contributed by atoms with Crippen molar-refractivity contribution in [1.29, 1.82) is 0 Å². The fraction of sp³-hybridized carbons (Fsp3) is 0.158. The SMILES string of the molecule is O=C(Nc1ccc(-c2cnco2)c(Cl)c1)C1COc2c(F)cc(F)cc2C1. The van der Waals surface area contributed by atoms with Crippen molar-refractivity contribution >= 4 is 23.2 Å². The van der Waals surface area contributed by atoms with Crippen molar-refractivity contribution in [2.45, 2.75) is 6.42 Å². The largest absolute Gasteiger partial charge is 0.489 e. The molecule has 1 aliphatic rings. The number of ether oxygens (including phenoxy) is 1. The van der Waals surface area contributed by atoms with Gasteiger partial charge in [0.15, 0.2) is 23.7 Å². The lowest BCUT2D eigenvalue weighted by atomic mass is 9.95. The normalized spacial score (nSPS) is 15.7. The zero-order valence-electron chi connectivity index (χ0n) is 13.8. The number of halogens is 3. The van der Waals surface area contributed by atoms with Gasteiger partial charge in [0.1, 0.15) is 12.4 Å². The van der Waals surface area contributed by atoms with Crippen molar-refractivity contribution in [2.75, 3.05) is 11.9 Å². The average Bonchev–Trinajstić information content (AvgIpc) is 3.15. The summed E-state index contributed by atoms with van der Waals surface area (Å²) in [5.74, 6) is -1.86. The fourth-order valence-electron chi connectivity index (χ4n) is 2.99. The highest BCUT2D eigenvalue weighted by atomic mass is 35.5. The minimum atomic E-state index is -0.765. The van der Waals surface area contributed by atoms with Gasteiger partial charge in [0.2, 0.25) is 5.91 Å². The first-order valence-corrected chi connectivity index (χ1v) is 8.49. The molecule has 0 spiro atoms. The van der Waals surface area contributed by atoms with Gasteiger partial charge in [0.05, 0.1) is 17.1 Å². The van der Waals surface area contributed by atoms with E-state index in [9.17, 15) is 13.6 Å². The molecule has 3 aromatic rings. The third kappa shape index (κ3) is 3.50. The number of benzene rings is 2. The van der Waals surface area contributed by atoms with Crippen LogP contribution in [0.4, 0.5) is 14.5 Å². The lowest BCUT2D eigenvalue weighted by Crippen LogP contribution is -2.33. The van der Waals surface area contributed by atoms with Gasteiger partial charge in [0, 0.05) is 22.9 Å². The highest BCUT2D eigenvalue weighted by Gasteiger charge is 2.28. The molecule has 0 bridgehead atoms. The van der Waals surface area contributed by atoms with Gasteiger partial charge in [-0.15, -0.1) is 0 Å². The molecule has 2 heterocycles. The van der Waals surface area contributed by atoms with Crippen LogP contribution in [0.1, 0.15) is 5.56 Å². The lowest BCUT2D eigenvalue weighted by molar-refractivity contribution is -0.121. The molecule has 8 heteroatoms. The zero-order chi connectivity index (χ0) is 19.0. The predicted molar refractivity (Wildman–Crippen MR) is 94.6 cm³/mol. The Balaban J connectivity index is 1.49. The number of carbonyl (C=O) groups excluding carboxylic acids is 1. The number of carbonyl (C=O) groups is 1. The minimum Gasteiger partial charge on any atom is -0.489 e. The summed E-state index contributed by atoms with van der Waals surface area (Å²) in [5, 5.41) is 3.14. The topological polar surface area (TPSA) is 64.4 Å². The molecule has 1 amide bonds. The van der Waals surface area contributed by atoms with E-state index in [4.69, 9.17) is 20.8 Å². The van der Waals surface area contributed by atoms with Gasteiger partial charge in [-0.05, 0) is 30.7 Å². The molecular formula is C19H13ClF2N2O3. The van der Waals surface area contributed by atoms with Crippen molar-refractivity contribution in [1.82, 2.24) is 4.98 Å². The molecular weight excluding hydrogens is 378 g/mol. The van der Waals surface area contributed by atoms with Crippen molar-refractivity contribution < 1.29 is 22.7 Å². The molecule has 1 unspecified atom stereocenters. The van der Waals surface area contributed by atoms with E-state index in [1.54, 1.807) is 18.2 Å². The standard InChI is InChI=1S/C19H13ClF2N2O3/c20-15-6-13(1-2-14(15)17-7-23-9-27-17)24-19(25)11-3-10-4-12(21)5-16(22)18(10)26-8-11/h1-2,4-7,9,11H,3,8H2,(H,24,25). The molecule has 2 aromatic carbocycles. The molecule has 0 saturated heterocycles. The Kier molecular flexibility index (Phi) is 4.53. The van der Waals surface area contributed by atoms with Crippen LogP contribution in [0.3, 0.4) is 0 Å². The monoisotopic (exact) mass is 390 g/mol. The van der Waals surface area contributed by atoms with E-state index in [1.807, 2.05) is 0 Å². The molecule has 1 aliphatic heterocycles. The van der Waals surface area contributed by atoms with Crippen LogP contribution in [0.25, 0.3) is 11.3 Å². The Labute approximate surface area is 157 Å². The molecule has 27 heavy (non-hydrogen) atoms. The van der Waals surface area contributed by atoms with Crippen LogP contribution < -0.4 is 10.1 Å². The second-order valence-corrected chi connectivity index (χ2v) is 6.54. The van der Waals surface area contributed by atoms with Gasteiger partial charge in [-0.3, -0.25) is 4.79 Å². The highest BCUT2D eigenvalue weighted by molar-refractivity contribution is 6.33. The summed E-state index contributed by atoms with van der Waals surface area (Å²) in [6.07, 6.45) is 3.02. The molecule has 0 radical (unpaired) electrons. The Hall–Kier alpha value is -2.93. The maximum atomic E-state index is 13.7. The van der Waals surface area contributed by atoms with Crippen LogP contribution in [-0.4, -0.2) is 17.5 Å². The van der Waals surface area contributed by atoms with Gasteiger partial charge >= 0.3 is 0 Å². The zero-order valence-corrected chi connectivity index (χ0v) is 14.6. The van der Waals surface area contributed by atoms with E-state index in [2.05, 4.69) is 10.3 Å². The number of oxazole rings is 1. The van der Waals surface area contributed by atoms with E-state index in [0.29, 0.717) is 27.6 Å². The van der Waals surface area contributed by atoms with Crippen LogP contribution in [0, 0.1) is 17.6 Å². The molecule has 0 saturated carbocycles. The third-order valence-electron chi connectivity index (χ3n) is 4.29. The second-order valence-electron chi connectivity index (χ2n) is 6.14. The summed E-state index contributed by atoms with van der Waals surface area (Å²) < 4.78 is 37.7. The fourth-order valence-corrected chi connectivity index (χ4v) is 3.26. The first-order valence-electron chi connectivity index (χ1n) is 8.11. The Morgan fingerprint density at radius 2 is 2.11 bits per heavy atom. The minimum absolute atomic E-state index is 0.0000883. The van der Waals surface area contributed by atoms with Crippen LogP contribution in [0.5, 0.6) is 5.75 Å². The van der Waals surface area contributed by atoms with Crippen molar-refractivity contribution in [2.24, 2.45) is 5.92 Å². The number of nitrogens with zero attached hydrogens (tertiary/aromatic N) is 1. The molecule has 5 nitrogen and oxygen atoms in total. The summed E-state index contributed by atoms with van der Waals surface area (Å²) in [7, 11) is 0. The molecule has 1 N–H and O–H groups in total. The maximum Gasteiger partial charge on any atom is 0.231 e. The number of fused-ring (bicyclic) bond motifs is 1. The smallest absolute Gasteiger partial charge is 0.231 e. The van der Waals surface area contributed by atoms with Crippen LogP contribution in [0.2, 0.25) is 5.02 Å². The molecule has 1 atom stereocenters. The Morgan fingerprint density at radius 3 is 2.85 bits per heavy atom. The van der Waals surface area contributed by atoms with E-state index in [1.165, 1.54) is 18.7 Å². The van der Waals surface area contributed by atoms with E-state index < -0.39 is 17.6 Å². The first-order chi connectivity index (χ1) is 13.0. The predicted octanol–water partition coefficient (Wildman–Crippen LogP) is 4.46. The number of aromatic nitrogens is 1. The van der Waals surface area contributed by atoms with Gasteiger partial charge < -0.3 is 14.5 Å². The van der Waals surface area contributed by atoms with E-state index >= 15 is 0 Å². The first kappa shape index (κ1) is 17.5. The molecule has 0 aliphatic carbocycles. The Bertz CT molecular complexity index is 1010. The number of amides is 1. The second kappa shape index (κ2) is 7.00. The number of anilines is 1. The molecule has 0 fully saturated rings. The quantitative estimate of drug-likeness (QED) is 0.717. The van der Waals surface area contributed by atoms with Gasteiger partial charge in [-0.2, -0.15) is 0 Å². The van der Waals surface area contributed by atoms with Gasteiger partial charge in [-0.25, -0.2) is 13.8 Å². The summed E-state index contributed by atoms with van der Waals surface area (Å²) in [6.45, 7) is 0.00522. The molecule has 4 rings (SSSR count). The Morgan fingerprint density at radius 1 is 1.26 bits per heavy atom. The van der Waals surface area contributed by atoms with Crippen LogP contribution in [-0.2, 0) is 11.2 Å². The summed E-state index contributed by atoms with van der Waals surface area (Å²) in [5.41, 5.74) is 1.47. The van der Waals surface area contributed by atoms with Crippen LogP contribution in [0.15, 0.2) is 47.3 Å². The highest BCUT2D eigenvalue weighted by Crippen LogP contribution is 2.33.